The molecule has 0 atom stereocenters. The number of nitrogens with one attached hydrogen (secondary N) is 1. The number of fused-ring (bicyclic) bond motifs is 6. The van der Waals surface area contributed by atoms with Crippen LogP contribution in [0, 0.1) is 0 Å². The average molecular weight is 537 g/mol. The number of hydrogen-bond acceptors (Lipinski definition) is 0. The largest absolute Gasteiger partial charge is 0.673 e. The normalized spacial score (nSPS) is 13.4. The fourth-order valence-corrected chi connectivity index (χ4v) is 4.89. The Hall–Kier alpha value is -3.69. The number of hydrogen-bond donors (Lipinski definition) is 0. The van der Waals surface area contributed by atoms with Crippen molar-refractivity contribution in [2.75, 3.05) is 0 Å². The number of pyridine rings is 1. The summed E-state index contributed by atoms with van der Waals surface area (Å²) in [7, 11) is -12.0. The summed E-state index contributed by atoms with van der Waals surface area (Å²) in [6.07, 6.45) is 8.23. The minimum absolute atomic E-state index is 1.03. The lowest BCUT2D eigenvalue weighted by molar-refractivity contribution is -0.377. The molecule has 198 valence electrons. The summed E-state index contributed by atoms with van der Waals surface area (Å²) >= 11 is 0. The number of rotatable bonds is 1. The molecule has 6 rings (SSSR count). The van der Waals surface area contributed by atoms with Crippen molar-refractivity contribution in [2.45, 2.75) is 25.7 Å². The van der Waals surface area contributed by atoms with E-state index in [9.17, 15) is 34.5 Å². The van der Waals surface area contributed by atoms with Crippen LogP contribution in [0.1, 0.15) is 22.3 Å². The molecule has 38 heavy (non-hydrogen) atoms. The van der Waals surface area contributed by atoms with Crippen LogP contribution in [0.3, 0.4) is 0 Å². The van der Waals surface area contributed by atoms with Crippen LogP contribution in [-0.4, -0.2) is 14.5 Å². The van der Waals surface area contributed by atoms with Crippen LogP contribution in [0.25, 0.3) is 33.8 Å². The van der Waals surface area contributed by atoms with Crippen molar-refractivity contribution < 1.29 is 43.9 Å². The second kappa shape index (κ2) is 11.0. The first-order chi connectivity index (χ1) is 17.9. The molecule has 0 spiro atoms. The first-order valence-electron chi connectivity index (χ1n) is 11.8. The zero-order valence-electron chi connectivity index (χ0n) is 19.8. The molecule has 12 heteroatoms. The first-order valence-corrected chi connectivity index (χ1v) is 11.8. The predicted octanol–water partition coefficient (Wildman–Crippen LogP) is 8.17. The topological polar surface area (TPSA) is 25.4 Å². The van der Waals surface area contributed by atoms with E-state index in [1.54, 1.807) is 0 Å². The van der Waals surface area contributed by atoms with E-state index in [0.717, 1.165) is 37.2 Å². The molecule has 2 heterocycles. The first kappa shape index (κ1) is 27.3. The van der Waals surface area contributed by atoms with Crippen LogP contribution in [0.4, 0.5) is 34.5 Å². The average Bonchev–Trinajstić information content (AvgIpc) is 2.86. The van der Waals surface area contributed by atoms with Crippen molar-refractivity contribution in [3.05, 3.63) is 95.3 Å². The Kier molecular flexibility index (Phi) is 7.89. The van der Waals surface area contributed by atoms with Gasteiger partial charge in [0, 0.05) is 17.7 Å². The second-order valence-electron chi connectivity index (χ2n) is 8.69. The van der Waals surface area contributed by atoms with Gasteiger partial charge in [-0.1, -0.05) is 36.4 Å². The molecule has 0 saturated carbocycles. The fourth-order valence-electron chi connectivity index (χ4n) is 4.89. The van der Waals surface area contributed by atoms with Gasteiger partial charge >= 0.3 is 26.0 Å². The van der Waals surface area contributed by atoms with Gasteiger partial charge in [0.05, 0.1) is 22.3 Å². The maximum Gasteiger partial charge on any atom is 0.673 e. The van der Waals surface area contributed by atoms with Gasteiger partial charge in [0.25, 0.3) is 0 Å². The van der Waals surface area contributed by atoms with E-state index in [4.69, 9.17) is 4.42 Å². The van der Waals surface area contributed by atoms with E-state index in [0.29, 0.717) is 0 Å². The Labute approximate surface area is 213 Å². The third-order valence-electron chi connectivity index (χ3n) is 6.18. The van der Waals surface area contributed by atoms with Crippen molar-refractivity contribution in [1.29, 1.82) is 0 Å². The Morgan fingerprint density at radius 2 is 0.947 bits per heavy atom. The summed E-state index contributed by atoms with van der Waals surface area (Å²) in [6, 6.07) is 21.8. The Bertz CT molecular complexity index is 1330. The van der Waals surface area contributed by atoms with Crippen LogP contribution in [0.15, 0.2) is 77.5 Å². The van der Waals surface area contributed by atoms with Gasteiger partial charge < -0.3 is 34.5 Å². The van der Waals surface area contributed by atoms with Gasteiger partial charge in [-0.15, -0.1) is 0 Å². The number of benzene rings is 2. The predicted molar refractivity (Wildman–Crippen MR) is 131 cm³/mol. The summed E-state index contributed by atoms with van der Waals surface area (Å²) in [4.78, 5) is 3.17. The van der Waals surface area contributed by atoms with Crippen molar-refractivity contribution >= 4 is 14.5 Å². The van der Waals surface area contributed by atoms with E-state index in [2.05, 4.69) is 65.6 Å². The summed E-state index contributed by atoms with van der Waals surface area (Å²) in [5.74, 6) is 2.11. The van der Waals surface area contributed by atoms with E-state index in [-0.39, 0.29) is 0 Å². The minimum Gasteiger partial charge on any atom is -0.418 e. The molecule has 0 aliphatic heterocycles. The molecule has 2 aliphatic carbocycles. The standard InChI is InChI=1S/C26H20NO.2BF4/c1-3-7-20-17(5-1)9-11-22-24(19-13-15-27-16-14-19)23-12-10-18-6-2-4-8-21(18)26(23)28-25(20)22;2*2-1(3,4)5/h1-8,13-16H,9-12H2;;/q+1;2*-1/p+1. The summed E-state index contributed by atoms with van der Waals surface area (Å²) in [5.41, 5.74) is 10.7. The fraction of sp³-hybridized carbons (Fsp3) is 0.154. The lowest BCUT2D eigenvalue weighted by atomic mass is 9.80. The van der Waals surface area contributed by atoms with Gasteiger partial charge in [-0.25, -0.2) is 9.40 Å². The van der Waals surface area contributed by atoms with Crippen molar-refractivity contribution in [3.63, 3.8) is 0 Å². The van der Waals surface area contributed by atoms with Crippen LogP contribution in [0.5, 0.6) is 0 Å². The third kappa shape index (κ3) is 6.79. The monoisotopic (exact) mass is 537 g/mol. The van der Waals surface area contributed by atoms with Gasteiger partial charge in [0.15, 0.2) is 12.4 Å². The third-order valence-corrected chi connectivity index (χ3v) is 6.18. The molecule has 2 aliphatic rings. The van der Waals surface area contributed by atoms with E-state index < -0.39 is 14.5 Å². The minimum atomic E-state index is -6.00. The Balaban J connectivity index is 0.000000290. The second-order valence-corrected chi connectivity index (χ2v) is 8.69. The molecule has 0 radical (unpaired) electrons. The number of halogens is 8. The molecule has 2 aromatic heterocycles. The highest BCUT2D eigenvalue weighted by atomic mass is 19.5. The van der Waals surface area contributed by atoms with Crippen LogP contribution in [-0.2, 0) is 25.7 Å². The molecule has 0 unspecified atom stereocenters. The maximum atomic E-state index is 9.75. The molecule has 1 N–H and O–H groups in total. The Morgan fingerprint density at radius 1 is 0.553 bits per heavy atom. The van der Waals surface area contributed by atoms with Crippen LogP contribution in [0.2, 0.25) is 0 Å². The van der Waals surface area contributed by atoms with Crippen LogP contribution < -0.4 is 4.98 Å². The lowest BCUT2D eigenvalue weighted by Gasteiger charge is -2.21. The number of H-pyrrole nitrogens is 1. The highest BCUT2D eigenvalue weighted by Crippen LogP contribution is 2.47. The molecule has 2 aromatic carbocycles. The van der Waals surface area contributed by atoms with Crippen LogP contribution >= 0.6 is 0 Å². The molecule has 0 amide bonds. The number of aryl methyl sites for hydroxylation is 2. The van der Waals surface area contributed by atoms with E-state index in [1.165, 1.54) is 44.5 Å². The van der Waals surface area contributed by atoms with Crippen molar-refractivity contribution in [1.82, 2.24) is 0 Å². The molecule has 0 saturated heterocycles. The number of aromatic amines is 1. The van der Waals surface area contributed by atoms with E-state index >= 15 is 0 Å². The lowest BCUT2D eigenvalue weighted by Crippen LogP contribution is -2.12. The zero-order chi connectivity index (χ0) is 27.5. The molecule has 4 aromatic rings. The van der Waals surface area contributed by atoms with Gasteiger partial charge in [-0.05, 0) is 54.5 Å². The number of aromatic nitrogens is 1. The smallest absolute Gasteiger partial charge is 0.418 e. The van der Waals surface area contributed by atoms with Gasteiger partial charge in [-0.2, -0.15) is 0 Å². The van der Waals surface area contributed by atoms with Crippen molar-refractivity contribution in [3.8, 4) is 33.8 Å². The summed E-state index contributed by atoms with van der Waals surface area (Å²) < 4.78 is 84.7. The van der Waals surface area contributed by atoms with Crippen molar-refractivity contribution in [2.24, 2.45) is 0 Å². The molecular formula is C26H21B2F8NO. The Morgan fingerprint density at radius 3 is 1.37 bits per heavy atom. The van der Waals surface area contributed by atoms with Gasteiger partial charge in [0.2, 0.25) is 0 Å². The molecule has 2 nitrogen and oxygen atoms in total. The van der Waals surface area contributed by atoms with Gasteiger partial charge in [-0.3, -0.25) is 0 Å². The molecule has 0 bridgehead atoms. The highest BCUT2D eigenvalue weighted by molar-refractivity contribution is 6.50. The zero-order valence-corrected chi connectivity index (χ0v) is 19.8. The summed E-state index contributed by atoms with van der Waals surface area (Å²) in [6.45, 7) is 0. The van der Waals surface area contributed by atoms with Gasteiger partial charge in [0.1, 0.15) is 0 Å². The molecular weight excluding hydrogens is 516 g/mol. The SMILES string of the molecule is F[B-](F)(F)F.F[B-](F)(F)F.c1ccc2c(c1)CCc1c-2[o+]c2c(c1-c1cc[nH+]cc1)CCc1ccccc1-2. The highest BCUT2D eigenvalue weighted by Gasteiger charge is 2.37. The van der Waals surface area contributed by atoms with E-state index in [1.807, 2.05) is 12.4 Å². The quantitative estimate of drug-likeness (QED) is 0.137. The summed E-state index contributed by atoms with van der Waals surface area (Å²) in [5, 5.41) is 0. The molecule has 0 fully saturated rings. The maximum absolute atomic E-state index is 9.75.